The van der Waals surface area contributed by atoms with Crippen LogP contribution in [0.4, 0.5) is 13.2 Å². The number of hydrogen-bond acceptors (Lipinski definition) is 3. The molecule has 1 saturated heterocycles. The molecule has 2 aromatic carbocycles. The molecule has 3 nitrogen and oxygen atoms in total. The number of halogens is 3. The number of alkyl halides is 2. The molecule has 1 aliphatic carbocycles. The minimum absolute atomic E-state index is 0.00875. The lowest BCUT2D eigenvalue weighted by Crippen LogP contribution is -2.28. The number of benzene rings is 2. The van der Waals surface area contributed by atoms with Gasteiger partial charge in [0.2, 0.25) is 0 Å². The van der Waals surface area contributed by atoms with Crippen molar-refractivity contribution >= 4 is 5.57 Å². The van der Waals surface area contributed by atoms with Gasteiger partial charge in [-0.15, -0.1) is 0 Å². The van der Waals surface area contributed by atoms with Crippen molar-refractivity contribution < 1.29 is 27.4 Å². The zero-order chi connectivity index (χ0) is 21.3. The second-order valence-electron chi connectivity index (χ2n) is 7.45. The molecule has 158 valence electrons. The lowest BCUT2D eigenvalue weighted by atomic mass is 9.91. The van der Waals surface area contributed by atoms with E-state index in [0.29, 0.717) is 29.9 Å². The normalized spacial score (nSPS) is 26.7. The van der Waals surface area contributed by atoms with Crippen LogP contribution in [0.2, 0.25) is 0 Å². The van der Waals surface area contributed by atoms with Crippen LogP contribution in [-0.2, 0) is 14.2 Å². The first kappa shape index (κ1) is 20.7. The summed E-state index contributed by atoms with van der Waals surface area (Å²) in [6, 6.07) is 11.8. The molecule has 0 bridgehead atoms. The fourth-order valence-corrected chi connectivity index (χ4v) is 3.75. The molecule has 0 amide bonds. The second-order valence-corrected chi connectivity index (χ2v) is 7.45. The molecule has 0 radical (unpaired) electrons. The van der Waals surface area contributed by atoms with Gasteiger partial charge in [-0.05, 0) is 41.3 Å². The molecule has 2 unspecified atom stereocenters. The van der Waals surface area contributed by atoms with Crippen LogP contribution >= 0.6 is 0 Å². The van der Waals surface area contributed by atoms with Gasteiger partial charge in [0.1, 0.15) is 11.6 Å². The molecule has 1 aliphatic heterocycles. The fourth-order valence-electron chi connectivity index (χ4n) is 3.75. The Morgan fingerprint density at radius 1 is 0.900 bits per heavy atom. The summed E-state index contributed by atoms with van der Waals surface area (Å²) >= 11 is 0. The third-order valence-corrected chi connectivity index (χ3v) is 5.55. The largest absolute Gasteiger partial charge is 0.498 e. The fraction of sp³-hybridized carbons (Fsp3) is 0.333. The van der Waals surface area contributed by atoms with Crippen LogP contribution in [0.3, 0.4) is 0 Å². The van der Waals surface area contributed by atoms with Crippen molar-refractivity contribution in [3.63, 3.8) is 0 Å². The highest BCUT2D eigenvalue weighted by Gasteiger charge is 2.32. The van der Waals surface area contributed by atoms with Crippen molar-refractivity contribution in [3.05, 3.63) is 77.3 Å². The van der Waals surface area contributed by atoms with E-state index in [1.807, 2.05) is 13.0 Å². The van der Waals surface area contributed by atoms with E-state index in [4.69, 9.17) is 14.2 Å². The number of methoxy groups -OCH3 is 1. The molecule has 0 aromatic heterocycles. The van der Waals surface area contributed by atoms with Crippen molar-refractivity contribution in [1.29, 1.82) is 0 Å². The Morgan fingerprint density at radius 3 is 2.20 bits per heavy atom. The van der Waals surface area contributed by atoms with E-state index in [9.17, 15) is 13.2 Å². The summed E-state index contributed by atoms with van der Waals surface area (Å²) in [5.74, 6) is -0.394. The maximum Gasteiger partial charge on any atom is 0.192 e. The van der Waals surface area contributed by atoms with Crippen molar-refractivity contribution in [2.45, 2.75) is 31.5 Å². The maximum atomic E-state index is 14.8. The first-order valence-electron chi connectivity index (χ1n) is 9.85. The van der Waals surface area contributed by atoms with E-state index >= 15 is 0 Å². The summed E-state index contributed by atoms with van der Waals surface area (Å²) < 4.78 is 59.2. The molecule has 2 atom stereocenters. The standard InChI is InChI=1S/C24H23F3O3/c1-14-29-12-18(13-30-14)17-7-8-19(21(25)11-17)15-3-5-16(6-4-15)20-9-10-22(28-2)24(27)23(20)26/h3-11,14,18,23-24H,12-13H2,1-2H3. The topological polar surface area (TPSA) is 27.7 Å². The highest BCUT2D eigenvalue weighted by Crippen LogP contribution is 2.34. The molecular formula is C24H23F3O3. The van der Waals surface area contributed by atoms with Crippen LogP contribution in [0.5, 0.6) is 0 Å². The predicted octanol–water partition coefficient (Wildman–Crippen LogP) is 5.57. The van der Waals surface area contributed by atoms with Gasteiger partial charge in [-0.1, -0.05) is 42.5 Å². The SMILES string of the molecule is COC1=CC=C(c2ccc(-c3ccc(C4COC(C)OC4)cc3F)cc2)C(F)C1F. The quantitative estimate of drug-likeness (QED) is 0.652. The first-order valence-corrected chi connectivity index (χ1v) is 9.85. The Bertz CT molecular complexity index is 960. The highest BCUT2D eigenvalue weighted by molar-refractivity contribution is 5.75. The number of rotatable bonds is 4. The van der Waals surface area contributed by atoms with Crippen LogP contribution < -0.4 is 0 Å². The lowest BCUT2D eigenvalue weighted by Gasteiger charge is -2.27. The molecule has 0 N–H and O–H groups in total. The van der Waals surface area contributed by atoms with Gasteiger partial charge in [0.05, 0.1) is 20.3 Å². The number of hydrogen-bond donors (Lipinski definition) is 0. The van der Waals surface area contributed by atoms with Crippen LogP contribution in [0.1, 0.15) is 24.0 Å². The molecule has 2 aliphatic rings. The van der Waals surface area contributed by atoms with Crippen LogP contribution in [0.15, 0.2) is 60.4 Å². The molecule has 1 heterocycles. The first-order chi connectivity index (χ1) is 14.5. The summed E-state index contributed by atoms with van der Waals surface area (Å²) in [6.45, 7) is 2.81. The zero-order valence-electron chi connectivity index (χ0n) is 16.8. The average Bonchev–Trinajstić information content (AvgIpc) is 2.76. The molecule has 0 saturated carbocycles. The molecule has 30 heavy (non-hydrogen) atoms. The molecule has 0 spiro atoms. The molecule has 4 rings (SSSR count). The lowest BCUT2D eigenvalue weighted by molar-refractivity contribution is -0.176. The van der Waals surface area contributed by atoms with Gasteiger partial charge in [0, 0.05) is 11.5 Å². The van der Waals surface area contributed by atoms with E-state index in [0.717, 1.165) is 5.56 Å². The Morgan fingerprint density at radius 2 is 1.57 bits per heavy atom. The average molecular weight is 416 g/mol. The van der Waals surface area contributed by atoms with Gasteiger partial charge in [0.25, 0.3) is 0 Å². The van der Waals surface area contributed by atoms with E-state index in [1.165, 1.54) is 25.3 Å². The van der Waals surface area contributed by atoms with E-state index < -0.39 is 12.3 Å². The van der Waals surface area contributed by atoms with E-state index in [-0.39, 0.29) is 29.4 Å². The van der Waals surface area contributed by atoms with Gasteiger partial charge in [-0.3, -0.25) is 0 Å². The second kappa shape index (κ2) is 8.66. The maximum absolute atomic E-state index is 14.8. The molecule has 6 heteroatoms. The monoisotopic (exact) mass is 416 g/mol. The van der Waals surface area contributed by atoms with Gasteiger partial charge in [-0.2, -0.15) is 0 Å². The Balaban J connectivity index is 1.55. The van der Waals surface area contributed by atoms with E-state index in [2.05, 4.69) is 0 Å². The summed E-state index contributed by atoms with van der Waals surface area (Å²) in [4.78, 5) is 0. The van der Waals surface area contributed by atoms with Crippen LogP contribution in [-0.4, -0.2) is 39.0 Å². The van der Waals surface area contributed by atoms with Gasteiger partial charge in [0.15, 0.2) is 18.6 Å². The summed E-state index contributed by atoms with van der Waals surface area (Å²) in [6.07, 6.45) is -0.942. The third-order valence-electron chi connectivity index (χ3n) is 5.55. The van der Waals surface area contributed by atoms with Crippen LogP contribution in [0.25, 0.3) is 16.7 Å². The number of allylic oxidation sites excluding steroid dienone is 4. The Kier molecular flexibility index (Phi) is 5.97. The predicted molar refractivity (Wildman–Crippen MR) is 109 cm³/mol. The minimum Gasteiger partial charge on any atom is -0.498 e. The molecule has 1 fully saturated rings. The van der Waals surface area contributed by atoms with Crippen molar-refractivity contribution in [3.8, 4) is 11.1 Å². The number of ether oxygens (including phenoxy) is 3. The van der Waals surface area contributed by atoms with Gasteiger partial charge < -0.3 is 14.2 Å². The summed E-state index contributed by atoms with van der Waals surface area (Å²) in [5, 5.41) is 0. The Labute approximate surface area is 173 Å². The van der Waals surface area contributed by atoms with Crippen LogP contribution in [0, 0.1) is 5.82 Å². The van der Waals surface area contributed by atoms with Crippen molar-refractivity contribution in [2.24, 2.45) is 0 Å². The summed E-state index contributed by atoms with van der Waals surface area (Å²) in [7, 11) is 1.31. The van der Waals surface area contributed by atoms with Gasteiger partial charge in [-0.25, -0.2) is 13.2 Å². The van der Waals surface area contributed by atoms with Gasteiger partial charge >= 0.3 is 0 Å². The highest BCUT2D eigenvalue weighted by atomic mass is 19.2. The molecular weight excluding hydrogens is 393 g/mol. The van der Waals surface area contributed by atoms with Crippen molar-refractivity contribution in [2.75, 3.05) is 20.3 Å². The third kappa shape index (κ3) is 4.02. The van der Waals surface area contributed by atoms with Crippen molar-refractivity contribution in [1.82, 2.24) is 0 Å². The zero-order valence-corrected chi connectivity index (χ0v) is 16.8. The Hall–Kier alpha value is -2.57. The minimum atomic E-state index is -1.84. The summed E-state index contributed by atoms with van der Waals surface area (Å²) in [5.41, 5.74) is 2.70. The smallest absolute Gasteiger partial charge is 0.192 e. The van der Waals surface area contributed by atoms with E-state index in [1.54, 1.807) is 30.3 Å². The molecule has 2 aromatic rings.